The molecule has 1 heterocycles. The molecule has 1 N–H and O–H groups in total. The first-order valence-corrected chi connectivity index (χ1v) is 5.57. The van der Waals surface area contributed by atoms with Crippen molar-refractivity contribution in [2.24, 2.45) is 0 Å². The summed E-state index contributed by atoms with van der Waals surface area (Å²) in [5, 5.41) is 3.23. The van der Waals surface area contributed by atoms with Gasteiger partial charge in [-0.1, -0.05) is 12.1 Å². The Kier molecular flexibility index (Phi) is 3.85. The molecular weight excluding hydrogens is 210 g/mol. The van der Waals surface area contributed by atoms with Crippen molar-refractivity contribution < 1.29 is 8.78 Å². The van der Waals surface area contributed by atoms with E-state index < -0.39 is 6.67 Å². The van der Waals surface area contributed by atoms with Gasteiger partial charge in [0.1, 0.15) is 12.5 Å². The fourth-order valence-electron chi connectivity index (χ4n) is 2.08. The second-order valence-electron chi connectivity index (χ2n) is 4.01. The Hall–Kier alpha value is -1.00. The molecule has 16 heavy (non-hydrogen) atoms. The van der Waals surface area contributed by atoms with Gasteiger partial charge in [-0.05, 0) is 17.7 Å². The molecule has 0 saturated carbocycles. The maximum Gasteiger partial charge on any atom is 0.123 e. The van der Waals surface area contributed by atoms with E-state index in [1.165, 1.54) is 12.1 Å². The molecule has 1 atom stereocenters. The Balaban J connectivity index is 2.11. The number of rotatable bonds is 3. The summed E-state index contributed by atoms with van der Waals surface area (Å²) in [7, 11) is 0. The average Bonchev–Trinajstić information content (AvgIpc) is 2.34. The average molecular weight is 226 g/mol. The molecular formula is C12H16F2N2. The third-order valence-electron chi connectivity index (χ3n) is 2.99. The second kappa shape index (κ2) is 5.37. The zero-order valence-electron chi connectivity index (χ0n) is 9.13. The minimum absolute atomic E-state index is 0.234. The quantitative estimate of drug-likeness (QED) is 0.844. The van der Waals surface area contributed by atoms with E-state index in [1.54, 1.807) is 12.1 Å². The van der Waals surface area contributed by atoms with Gasteiger partial charge in [-0.2, -0.15) is 0 Å². The van der Waals surface area contributed by atoms with Gasteiger partial charge in [-0.25, -0.2) is 8.78 Å². The molecule has 0 bridgehead atoms. The second-order valence-corrected chi connectivity index (χ2v) is 4.01. The van der Waals surface area contributed by atoms with Gasteiger partial charge >= 0.3 is 0 Å². The maximum atomic E-state index is 13.1. The van der Waals surface area contributed by atoms with E-state index in [-0.39, 0.29) is 11.9 Å². The molecule has 0 aromatic heterocycles. The normalized spacial score (nSPS) is 19.6. The van der Waals surface area contributed by atoms with Crippen molar-refractivity contribution in [2.45, 2.75) is 6.04 Å². The number of nitrogens with zero attached hydrogens (tertiary/aromatic N) is 1. The van der Waals surface area contributed by atoms with Gasteiger partial charge in [0.2, 0.25) is 0 Å². The lowest BCUT2D eigenvalue weighted by Gasteiger charge is -2.33. The highest BCUT2D eigenvalue weighted by molar-refractivity contribution is 5.20. The molecule has 0 spiro atoms. The first kappa shape index (κ1) is 11.5. The van der Waals surface area contributed by atoms with Crippen LogP contribution in [0.4, 0.5) is 8.78 Å². The van der Waals surface area contributed by atoms with E-state index in [9.17, 15) is 8.78 Å². The zero-order valence-corrected chi connectivity index (χ0v) is 9.13. The smallest absolute Gasteiger partial charge is 0.123 e. The lowest BCUT2D eigenvalue weighted by molar-refractivity contribution is 0.147. The minimum atomic E-state index is -0.425. The van der Waals surface area contributed by atoms with Crippen LogP contribution < -0.4 is 5.32 Å². The number of benzene rings is 1. The van der Waals surface area contributed by atoms with E-state index >= 15 is 0 Å². The van der Waals surface area contributed by atoms with E-state index in [0.29, 0.717) is 0 Å². The van der Waals surface area contributed by atoms with Crippen LogP contribution in [0.2, 0.25) is 0 Å². The predicted molar refractivity (Wildman–Crippen MR) is 59.6 cm³/mol. The van der Waals surface area contributed by atoms with Crippen LogP contribution in [-0.4, -0.2) is 37.8 Å². The third kappa shape index (κ3) is 2.57. The number of hydrogen-bond donors (Lipinski definition) is 1. The summed E-state index contributed by atoms with van der Waals surface area (Å²) in [5.41, 5.74) is 0.853. The predicted octanol–water partition coefficient (Wildman–Crippen LogP) is 1.74. The Morgan fingerprint density at radius 3 is 2.38 bits per heavy atom. The Labute approximate surface area is 94.3 Å². The largest absolute Gasteiger partial charge is 0.314 e. The van der Waals surface area contributed by atoms with Gasteiger partial charge in [-0.15, -0.1) is 0 Å². The van der Waals surface area contributed by atoms with Crippen molar-refractivity contribution in [1.29, 1.82) is 0 Å². The van der Waals surface area contributed by atoms with Crippen LogP contribution in [0.1, 0.15) is 11.6 Å². The summed E-state index contributed by atoms with van der Waals surface area (Å²) in [4.78, 5) is 2.10. The fraction of sp³-hybridized carbons (Fsp3) is 0.500. The first-order chi connectivity index (χ1) is 7.81. The molecule has 0 unspecified atom stereocenters. The molecule has 2 nitrogen and oxygen atoms in total. The molecule has 0 amide bonds. The Morgan fingerprint density at radius 2 is 1.81 bits per heavy atom. The minimum Gasteiger partial charge on any atom is -0.314 e. The number of alkyl halides is 1. The SMILES string of the molecule is FC[C@@H](c1ccc(F)cc1)N1CCNCC1. The number of hydrogen-bond acceptors (Lipinski definition) is 2. The van der Waals surface area contributed by atoms with Crippen LogP contribution in [0.5, 0.6) is 0 Å². The van der Waals surface area contributed by atoms with Crippen molar-refractivity contribution >= 4 is 0 Å². The molecule has 1 aliphatic rings. The summed E-state index contributed by atoms with van der Waals surface area (Å²) < 4.78 is 25.9. The molecule has 1 saturated heterocycles. The molecule has 1 fully saturated rings. The molecule has 2 rings (SSSR count). The topological polar surface area (TPSA) is 15.3 Å². The Morgan fingerprint density at radius 1 is 1.19 bits per heavy atom. The Bertz CT molecular complexity index is 320. The third-order valence-corrected chi connectivity index (χ3v) is 2.99. The van der Waals surface area contributed by atoms with E-state index in [4.69, 9.17) is 0 Å². The summed E-state index contributed by atoms with van der Waals surface area (Å²) in [6, 6.07) is 5.88. The van der Waals surface area contributed by atoms with Gasteiger partial charge < -0.3 is 5.32 Å². The maximum absolute atomic E-state index is 13.1. The van der Waals surface area contributed by atoms with Crippen molar-refractivity contribution in [2.75, 3.05) is 32.9 Å². The molecule has 1 aliphatic heterocycles. The van der Waals surface area contributed by atoms with Crippen LogP contribution in [-0.2, 0) is 0 Å². The van der Waals surface area contributed by atoms with E-state index in [1.807, 2.05) is 0 Å². The molecule has 1 aromatic carbocycles. The van der Waals surface area contributed by atoms with Crippen molar-refractivity contribution in [3.63, 3.8) is 0 Å². The standard InChI is InChI=1S/C12H16F2N2/c13-9-12(16-7-5-15-6-8-16)10-1-3-11(14)4-2-10/h1-4,12,15H,5-9H2/t12-/m0/s1. The highest BCUT2D eigenvalue weighted by Gasteiger charge is 2.21. The fourth-order valence-corrected chi connectivity index (χ4v) is 2.08. The lowest BCUT2D eigenvalue weighted by atomic mass is 10.1. The highest BCUT2D eigenvalue weighted by atomic mass is 19.1. The summed E-state index contributed by atoms with van der Waals surface area (Å²) in [5.74, 6) is -0.276. The van der Waals surface area contributed by atoms with Gasteiger partial charge in [0, 0.05) is 26.2 Å². The van der Waals surface area contributed by atoms with Crippen LogP contribution in [0.15, 0.2) is 24.3 Å². The van der Waals surface area contributed by atoms with Gasteiger partial charge in [0.15, 0.2) is 0 Å². The van der Waals surface area contributed by atoms with Crippen LogP contribution >= 0.6 is 0 Å². The van der Waals surface area contributed by atoms with E-state index in [0.717, 1.165) is 31.7 Å². The highest BCUT2D eigenvalue weighted by Crippen LogP contribution is 2.21. The van der Waals surface area contributed by atoms with Crippen molar-refractivity contribution in [3.8, 4) is 0 Å². The first-order valence-electron chi connectivity index (χ1n) is 5.57. The lowest BCUT2D eigenvalue weighted by Crippen LogP contribution is -2.45. The van der Waals surface area contributed by atoms with Crippen LogP contribution in [0, 0.1) is 5.82 Å². The van der Waals surface area contributed by atoms with Gasteiger partial charge in [-0.3, -0.25) is 4.90 Å². The number of piperazine rings is 1. The van der Waals surface area contributed by atoms with Gasteiger partial charge in [0.25, 0.3) is 0 Å². The van der Waals surface area contributed by atoms with Crippen LogP contribution in [0.3, 0.4) is 0 Å². The van der Waals surface area contributed by atoms with Crippen molar-refractivity contribution in [3.05, 3.63) is 35.6 Å². The summed E-state index contributed by atoms with van der Waals surface area (Å²) in [6.07, 6.45) is 0. The molecule has 4 heteroatoms. The van der Waals surface area contributed by atoms with Gasteiger partial charge in [0.05, 0.1) is 6.04 Å². The van der Waals surface area contributed by atoms with Crippen molar-refractivity contribution in [1.82, 2.24) is 10.2 Å². The molecule has 0 aliphatic carbocycles. The molecule has 1 aromatic rings. The molecule has 88 valence electrons. The number of halogens is 2. The summed E-state index contributed by atoms with van der Waals surface area (Å²) in [6.45, 7) is 3.03. The monoisotopic (exact) mass is 226 g/mol. The zero-order chi connectivity index (χ0) is 11.4. The summed E-state index contributed by atoms with van der Waals surface area (Å²) >= 11 is 0. The molecule has 0 radical (unpaired) electrons. The van der Waals surface area contributed by atoms with Crippen LogP contribution in [0.25, 0.3) is 0 Å². The van der Waals surface area contributed by atoms with E-state index in [2.05, 4.69) is 10.2 Å². The number of nitrogens with one attached hydrogen (secondary N) is 1.